The van der Waals surface area contributed by atoms with Crippen molar-refractivity contribution in [3.63, 3.8) is 0 Å². The lowest BCUT2D eigenvalue weighted by atomic mass is 9.96. The minimum absolute atomic E-state index is 0.188. The average molecular weight is 316 g/mol. The second kappa shape index (κ2) is 6.91. The Morgan fingerprint density at radius 1 is 1.17 bits per heavy atom. The average Bonchev–Trinajstić information content (AvgIpc) is 2.51. The summed E-state index contributed by atoms with van der Waals surface area (Å²) in [5, 5.41) is 0. The van der Waals surface area contributed by atoms with Crippen LogP contribution in [0.4, 0.5) is 0 Å². The molecule has 1 aromatic rings. The molecule has 0 spiro atoms. The van der Waals surface area contributed by atoms with Gasteiger partial charge in [-0.25, -0.2) is 0 Å². The van der Waals surface area contributed by atoms with Crippen LogP contribution >= 0.6 is 0 Å². The Bertz CT molecular complexity index is 714. The second-order valence-corrected chi connectivity index (χ2v) is 4.86. The van der Waals surface area contributed by atoms with E-state index in [0.29, 0.717) is 17.1 Å². The van der Waals surface area contributed by atoms with Crippen LogP contribution in [0.3, 0.4) is 0 Å². The maximum absolute atomic E-state index is 12.1. The van der Waals surface area contributed by atoms with Crippen LogP contribution in [-0.4, -0.2) is 31.8 Å². The summed E-state index contributed by atoms with van der Waals surface area (Å²) in [6, 6.07) is 5.08. The van der Waals surface area contributed by atoms with Gasteiger partial charge < -0.3 is 14.2 Å². The minimum atomic E-state index is -1.44. The van der Waals surface area contributed by atoms with Crippen LogP contribution < -0.4 is 9.47 Å². The molecular weight excluding hydrogens is 300 g/mol. The molecule has 0 unspecified atom stereocenters. The van der Waals surface area contributed by atoms with Crippen LogP contribution in [-0.2, 0) is 19.1 Å². The third-order valence-corrected chi connectivity index (χ3v) is 3.26. The SMILES string of the molecule is COc1ccc(/C=C/C(=O)[C@H]2C(=O)C=C(C)OC2=O)cc1OC. The highest BCUT2D eigenvalue weighted by Crippen LogP contribution is 2.28. The number of hydrogen-bond acceptors (Lipinski definition) is 6. The van der Waals surface area contributed by atoms with Gasteiger partial charge >= 0.3 is 5.97 Å². The van der Waals surface area contributed by atoms with E-state index in [0.717, 1.165) is 6.08 Å². The number of ketones is 2. The van der Waals surface area contributed by atoms with Gasteiger partial charge in [-0.3, -0.25) is 14.4 Å². The number of esters is 1. The number of allylic oxidation sites excluding steroid dienone is 3. The number of ether oxygens (including phenoxy) is 3. The zero-order valence-corrected chi connectivity index (χ0v) is 13.0. The number of carbonyl (C=O) groups is 3. The molecule has 2 rings (SSSR count). The Morgan fingerprint density at radius 3 is 2.48 bits per heavy atom. The fourth-order valence-electron chi connectivity index (χ4n) is 2.13. The highest BCUT2D eigenvalue weighted by Gasteiger charge is 2.36. The van der Waals surface area contributed by atoms with Gasteiger partial charge in [0.2, 0.25) is 0 Å². The maximum atomic E-state index is 12.1. The highest BCUT2D eigenvalue weighted by atomic mass is 16.5. The highest BCUT2D eigenvalue weighted by molar-refractivity contribution is 6.25. The van der Waals surface area contributed by atoms with E-state index in [1.165, 1.54) is 33.3 Å². The third kappa shape index (κ3) is 3.66. The van der Waals surface area contributed by atoms with Gasteiger partial charge in [0, 0.05) is 6.08 Å². The van der Waals surface area contributed by atoms with Crippen LogP contribution in [0.1, 0.15) is 12.5 Å². The Balaban J connectivity index is 2.18. The predicted molar refractivity (Wildman–Crippen MR) is 81.9 cm³/mol. The first-order chi connectivity index (χ1) is 11.0. The largest absolute Gasteiger partial charge is 0.493 e. The Kier molecular flexibility index (Phi) is 4.95. The lowest BCUT2D eigenvalue weighted by molar-refractivity contribution is -0.151. The minimum Gasteiger partial charge on any atom is -0.493 e. The van der Waals surface area contributed by atoms with Crippen LogP contribution in [0.2, 0.25) is 0 Å². The van der Waals surface area contributed by atoms with Crippen molar-refractivity contribution in [2.45, 2.75) is 6.92 Å². The fourth-order valence-corrected chi connectivity index (χ4v) is 2.13. The Hall–Kier alpha value is -2.89. The molecule has 1 heterocycles. The third-order valence-electron chi connectivity index (χ3n) is 3.26. The standard InChI is InChI=1S/C17H16O6/c1-10-8-13(19)16(17(20)23-10)12(18)6-4-11-5-7-14(21-2)15(9-11)22-3/h4-9,16H,1-3H3/b6-4+/t16-/m0/s1. The summed E-state index contributed by atoms with van der Waals surface area (Å²) >= 11 is 0. The first kappa shape index (κ1) is 16.5. The number of benzene rings is 1. The zero-order valence-electron chi connectivity index (χ0n) is 13.0. The predicted octanol–water partition coefficient (Wildman–Crippen LogP) is 1.93. The number of hydrogen-bond donors (Lipinski definition) is 0. The van der Waals surface area contributed by atoms with E-state index in [4.69, 9.17) is 14.2 Å². The molecule has 0 radical (unpaired) electrons. The molecule has 1 aliphatic rings. The van der Waals surface area contributed by atoms with Crippen LogP contribution in [0.25, 0.3) is 6.08 Å². The summed E-state index contributed by atoms with van der Waals surface area (Å²) in [5.74, 6) is -2.23. The van der Waals surface area contributed by atoms with Crippen molar-refractivity contribution in [2.24, 2.45) is 5.92 Å². The molecule has 1 aromatic carbocycles. The van der Waals surface area contributed by atoms with Gasteiger partial charge in [0.15, 0.2) is 29.0 Å². The summed E-state index contributed by atoms with van der Waals surface area (Å²) in [6.07, 6.45) is 3.82. The van der Waals surface area contributed by atoms with Gasteiger partial charge in [0.05, 0.1) is 14.2 Å². The van der Waals surface area contributed by atoms with E-state index in [-0.39, 0.29) is 5.76 Å². The Morgan fingerprint density at radius 2 is 1.87 bits per heavy atom. The fraction of sp³-hybridized carbons (Fsp3) is 0.235. The molecule has 1 aliphatic heterocycles. The van der Waals surface area contributed by atoms with E-state index < -0.39 is 23.5 Å². The smallest absolute Gasteiger partial charge is 0.329 e. The van der Waals surface area contributed by atoms with Crippen molar-refractivity contribution < 1.29 is 28.6 Å². The normalized spacial score (nSPS) is 17.7. The van der Waals surface area contributed by atoms with Crippen LogP contribution in [0, 0.1) is 5.92 Å². The van der Waals surface area contributed by atoms with E-state index in [9.17, 15) is 14.4 Å². The molecule has 0 saturated carbocycles. The van der Waals surface area contributed by atoms with Crippen molar-refractivity contribution >= 4 is 23.6 Å². The van der Waals surface area contributed by atoms with Gasteiger partial charge in [-0.1, -0.05) is 12.1 Å². The molecule has 1 atom stereocenters. The van der Waals surface area contributed by atoms with Gasteiger partial charge in [-0.05, 0) is 30.7 Å². The molecule has 6 nitrogen and oxygen atoms in total. The lowest BCUT2D eigenvalue weighted by Crippen LogP contribution is -2.34. The summed E-state index contributed by atoms with van der Waals surface area (Å²) in [4.78, 5) is 35.5. The number of rotatable bonds is 5. The molecule has 0 bridgehead atoms. The monoisotopic (exact) mass is 316 g/mol. The van der Waals surface area contributed by atoms with E-state index in [2.05, 4.69) is 0 Å². The van der Waals surface area contributed by atoms with Gasteiger partial charge in [0.1, 0.15) is 5.76 Å². The van der Waals surface area contributed by atoms with E-state index in [1.807, 2.05) is 0 Å². The van der Waals surface area contributed by atoms with Crippen molar-refractivity contribution in [3.8, 4) is 11.5 Å². The molecular formula is C17H16O6. The molecule has 23 heavy (non-hydrogen) atoms. The molecule has 0 saturated heterocycles. The van der Waals surface area contributed by atoms with Crippen molar-refractivity contribution in [3.05, 3.63) is 41.7 Å². The van der Waals surface area contributed by atoms with Crippen molar-refractivity contribution in [2.75, 3.05) is 14.2 Å². The van der Waals surface area contributed by atoms with Gasteiger partial charge in [-0.15, -0.1) is 0 Å². The summed E-state index contributed by atoms with van der Waals surface area (Å²) < 4.78 is 15.1. The quantitative estimate of drug-likeness (QED) is 0.469. The molecule has 120 valence electrons. The first-order valence-corrected chi connectivity index (χ1v) is 6.84. The van der Waals surface area contributed by atoms with Crippen molar-refractivity contribution in [1.82, 2.24) is 0 Å². The lowest BCUT2D eigenvalue weighted by Gasteiger charge is -2.15. The van der Waals surface area contributed by atoms with E-state index in [1.54, 1.807) is 18.2 Å². The molecule has 0 N–H and O–H groups in total. The molecule has 0 amide bonds. The molecule has 0 aromatic heterocycles. The molecule has 0 aliphatic carbocycles. The van der Waals surface area contributed by atoms with Gasteiger partial charge in [-0.2, -0.15) is 0 Å². The second-order valence-electron chi connectivity index (χ2n) is 4.86. The number of cyclic esters (lactones) is 1. The van der Waals surface area contributed by atoms with Crippen LogP contribution in [0.5, 0.6) is 11.5 Å². The summed E-state index contributed by atoms with van der Waals surface area (Å²) in [5.41, 5.74) is 0.666. The van der Waals surface area contributed by atoms with E-state index >= 15 is 0 Å². The van der Waals surface area contributed by atoms with Crippen LogP contribution in [0.15, 0.2) is 36.1 Å². The molecule has 0 fully saturated rings. The number of carbonyl (C=O) groups excluding carboxylic acids is 3. The first-order valence-electron chi connectivity index (χ1n) is 6.84. The van der Waals surface area contributed by atoms with Gasteiger partial charge in [0.25, 0.3) is 0 Å². The van der Waals surface area contributed by atoms with Crippen molar-refractivity contribution in [1.29, 1.82) is 0 Å². The summed E-state index contributed by atoms with van der Waals surface area (Å²) in [7, 11) is 3.02. The maximum Gasteiger partial charge on any atom is 0.329 e. The zero-order chi connectivity index (χ0) is 17.0. The molecule has 6 heteroatoms. The topological polar surface area (TPSA) is 78.9 Å². The number of methoxy groups -OCH3 is 2. The Labute approximate surface area is 133 Å². The summed E-state index contributed by atoms with van der Waals surface area (Å²) in [6.45, 7) is 1.48.